The van der Waals surface area contributed by atoms with E-state index in [-0.39, 0.29) is 18.1 Å². The van der Waals surface area contributed by atoms with Crippen molar-refractivity contribution in [1.82, 2.24) is 20.4 Å². The fourth-order valence-electron chi connectivity index (χ4n) is 4.74. The van der Waals surface area contributed by atoms with Gasteiger partial charge in [0.15, 0.2) is 0 Å². The number of nitrogens with one attached hydrogen (secondary N) is 1. The van der Waals surface area contributed by atoms with E-state index in [9.17, 15) is 9.90 Å². The smallest absolute Gasteiger partial charge is 0.234 e. The van der Waals surface area contributed by atoms with Crippen molar-refractivity contribution >= 4 is 28.7 Å². The third-order valence-electron chi connectivity index (χ3n) is 6.57. The number of phenolic OH excluding ortho intramolecular Hbond substituents is 1. The summed E-state index contributed by atoms with van der Waals surface area (Å²) in [6.07, 6.45) is 6.45. The van der Waals surface area contributed by atoms with Crippen LogP contribution in [0.25, 0.3) is 16.7 Å². The van der Waals surface area contributed by atoms with Crippen molar-refractivity contribution in [1.29, 1.82) is 0 Å². The molecule has 7 nitrogen and oxygen atoms in total. The first kappa shape index (κ1) is 23.4. The molecule has 1 aliphatic carbocycles. The van der Waals surface area contributed by atoms with Crippen LogP contribution in [0.3, 0.4) is 0 Å². The molecule has 1 aliphatic rings. The quantitative estimate of drug-likeness (QED) is 0.187. The van der Waals surface area contributed by atoms with Crippen molar-refractivity contribution in [3.05, 3.63) is 71.8 Å². The van der Waals surface area contributed by atoms with Crippen LogP contribution in [0.15, 0.2) is 70.5 Å². The fourth-order valence-corrected chi connectivity index (χ4v) is 5.62. The first-order chi connectivity index (χ1) is 17.1. The Balaban J connectivity index is 1.51. The molecule has 1 heterocycles. The van der Waals surface area contributed by atoms with Crippen LogP contribution in [-0.2, 0) is 11.2 Å². The van der Waals surface area contributed by atoms with Gasteiger partial charge in [0.25, 0.3) is 0 Å². The first-order valence-corrected chi connectivity index (χ1v) is 12.9. The Bertz CT molecular complexity index is 1330. The van der Waals surface area contributed by atoms with E-state index < -0.39 is 0 Å². The molecule has 1 aromatic heterocycles. The first-order valence-electron chi connectivity index (χ1n) is 12.1. The lowest BCUT2D eigenvalue weighted by Crippen LogP contribution is -2.30. The number of hydrogen-bond donors (Lipinski definition) is 3. The van der Waals surface area contributed by atoms with Crippen LogP contribution < -0.4 is 11.3 Å². The largest absolute Gasteiger partial charge is 0.505 e. The van der Waals surface area contributed by atoms with Gasteiger partial charge in [-0.3, -0.25) is 10.2 Å². The van der Waals surface area contributed by atoms with E-state index in [1.54, 1.807) is 11.8 Å². The standard InChI is InChI=1S/C27H29N5O2S/c28-29-26(33)14-11-18-15-22(19-7-3-1-4-8-19)27(34)25(16-18)32-30-23-13-12-21(17-24(23)31-32)35-20-9-5-2-6-10-20/h2,5-6,9-10,12-13,15-17,19,34H,1,3-4,7-8,11,14,28H2,(H,29,33). The highest BCUT2D eigenvalue weighted by Gasteiger charge is 2.23. The van der Waals surface area contributed by atoms with Crippen LogP contribution in [0.1, 0.15) is 55.6 Å². The number of carbonyl (C=O) groups is 1. The van der Waals surface area contributed by atoms with Gasteiger partial charge in [-0.15, -0.1) is 15.0 Å². The van der Waals surface area contributed by atoms with Gasteiger partial charge in [0, 0.05) is 16.2 Å². The van der Waals surface area contributed by atoms with E-state index in [0.29, 0.717) is 18.0 Å². The molecule has 4 N–H and O–H groups in total. The van der Waals surface area contributed by atoms with Gasteiger partial charge < -0.3 is 5.11 Å². The van der Waals surface area contributed by atoms with E-state index in [1.807, 2.05) is 48.5 Å². The highest BCUT2D eigenvalue weighted by atomic mass is 32.2. The minimum atomic E-state index is -0.217. The Kier molecular flexibility index (Phi) is 7.01. The Hall–Kier alpha value is -3.36. The molecule has 0 aliphatic heterocycles. The molecule has 1 fully saturated rings. The Morgan fingerprint density at radius 3 is 2.54 bits per heavy atom. The number of carbonyl (C=O) groups excluding carboxylic acids is 1. The number of aromatic nitrogens is 3. The maximum atomic E-state index is 11.8. The molecule has 35 heavy (non-hydrogen) atoms. The van der Waals surface area contributed by atoms with Gasteiger partial charge in [0.1, 0.15) is 22.5 Å². The highest BCUT2D eigenvalue weighted by Crippen LogP contribution is 2.40. The van der Waals surface area contributed by atoms with Gasteiger partial charge in [-0.05, 0) is 72.7 Å². The molecule has 1 saturated carbocycles. The van der Waals surface area contributed by atoms with Crippen molar-refractivity contribution in [2.24, 2.45) is 5.84 Å². The van der Waals surface area contributed by atoms with Gasteiger partial charge in [0.05, 0.1) is 0 Å². The van der Waals surface area contributed by atoms with Crippen LogP contribution in [0.5, 0.6) is 5.75 Å². The van der Waals surface area contributed by atoms with E-state index in [4.69, 9.17) is 10.9 Å². The van der Waals surface area contributed by atoms with Gasteiger partial charge in [0.2, 0.25) is 5.91 Å². The summed E-state index contributed by atoms with van der Waals surface area (Å²) in [7, 11) is 0. The normalized spacial score (nSPS) is 14.3. The number of benzene rings is 3. The summed E-state index contributed by atoms with van der Waals surface area (Å²) in [4.78, 5) is 15.5. The molecule has 8 heteroatoms. The van der Waals surface area contributed by atoms with E-state index >= 15 is 0 Å². The number of hydrazine groups is 1. The maximum absolute atomic E-state index is 11.8. The van der Waals surface area contributed by atoms with Crippen LogP contribution in [0.2, 0.25) is 0 Å². The van der Waals surface area contributed by atoms with Crippen molar-refractivity contribution in [2.45, 2.75) is 60.7 Å². The minimum Gasteiger partial charge on any atom is -0.505 e. The summed E-state index contributed by atoms with van der Waals surface area (Å²) in [6, 6.07) is 20.1. The summed E-state index contributed by atoms with van der Waals surface area (Å²) in [5.74, 6) is 5.57. The van der Waals surface area contributed by atoms with Crippen molar-refractivity contribution in [3.63, 3.8) is 0 Å². The maximum Gasteiger partial charge on any atom is 0.234 e. The van der Waals surface area contributed by atoms with E-state index in [0.717, 1.165) is 57.6 Å². The number of amides is 1. The summed E-state index contributed by atoms with van der Waals surface area (Å²) in [5, 5.41) is 20.7. The Labute approximate surface area is 208 Å². The van der Waals surface area contributed by atoms with Gasteiger partial charge in [-0.2, -0.15) is 0 Å². The molecular weight excluding hydrogens is 458 g/mol. The number of phenols is 1. The molecule has 0 atom stereocenters. The molecule has 1 amide bonds. The predicted octanol–water partition coefficient (Wildman–Crippen LogP) is 5.25. The van der Waals surface area contributed by atoms with Gasteiger partial charge in [-0.25, -0.2) is 5.84 Å². The van der Waals surface area contributed by atoms with Crippen molar-refractivity contribution in [2.75, 3.05) is 0 Å². The number of rotatable bonds is 7. The molecule has 0 saturated heterocycles. The zero-order valence-corrected chi connectivity index (χ0v) is 20.3. The SMILES string of the molecule is NNC(=O)CCc1cc(C2CCCCC2)c(O)c(-n2nc3ccc(Sc4ccccc4)cc3n2)c1. The van der Waals surface area contributed by atoms with Crippen LogP contribution in [-0.4, -0.2) is 26.0 Å². The molecule has 5 rings (SSSR count). The van der Waals surface area contributed by atoms with Crippen molar-refractivity contribution in [3.8, 4) is 11.4 Å². The summed E-state index contributed by atoms with van der Waals surface area (Å²) >= 11 is 1.67. The summed E-state index contributed by atoms with van der Waals surface area (Å²) < 4.78 is 0. The van der Waals surface area contributed by atoms with Crippen LogP contribution >= 0.6 is 11.8 Å². The average molecular weight is 488 g/mol. The lowest BCUT2D eigenvalue weighted by Gasteiger charge is -2.24. The minimum absolute atomic E-state index is 0.217. The molecular formula is C27H29N5O2S. The number of hydrogen-bond acceptors (Lipinski definition) is 6. The lowest BCUT2D eigenvalue weighted by atomic mass is 9.82. The second-order valence-electron chi connectivity index (χ2n) is 9.01. The number of nitrogens with two attached hydrogens (primary N) is 1. The highest BCUT2D eigenvalue weighted by molar-refractivity contribution is 7.99. The molecule has 0 radical (unpaired) electrons. The second-order valence-corrected chi connectivity index (χ2v) is 10.2. The topological polar surface area (TPSA) is 106 Å². The molecule has 0 bridgehead atoms. The average Bonchev–Trinajstić information content (AvgIpc) is 3.32. The fraction of sp³-hybridized carbons (Fsp3) is 0.296. The third kappa shape index (κ3) is 5.33. The van der Waals surface area contributed by atoms with E-state index in [1.165, 1.54) is 11.2 Å². The predicted molar refractivity (Wildman–Crippen MR) is 138 cm³/mol. The summed E-state index contributed by atoms with van der Waals surface area (Å²) in [6.45, 7) is 0. The van der Waals surface area contributed by atoms with Gasteiger partial charge in [-0.1, -0.05) is 55.3 Å². The Morgan fingerprint density at radius 1 is 1.00 bits per heavy atom. The number of nitrogens with zero attached hydrogens (tertiary/aromatic N) is 3. The molecule has 3 aromatic carbocycles. The van der Waals surface area contributed by atoms with Crippen molar-refractivity contribution < 1.29 is 9.90 Å². The van der Waals surface area contributed by atoms with Gasteiger partial charge >= 0.3 is 0 Å². The monoisotopic (exact) mass is 487 g/mol. The molecule has 0 unspecified atom stereocenters. The Morgan fingerprint density at radius 2 is 1.77 bits per heavy atom. The number of aryl methyl sites for hydroxylation is 1. The second kappa shape index (κ2) is 10.5. The zero-order chi connectivity index (χ0) is 24.2. The molecule has 0 spiro atoms. The third-order valence-corrected chi connectivity index (χ3v) is 7.57. The summed E-state index contributed by atoms with van der Waals surface area (Å²) in [5.41, 5.74) is 6.14. The van der Waals surface area contributed by atoms with Crippen LogP contribution in [0, 0.1) is 0 Å². The lowest BCUT2D eigenvalue weighted by molar-refractivity contribution is -0.121. The zero-order valence-electron chi connectivity index (χ0n) is 19.5. The number of aromatic hydroxyl groups is 1. The van der Waals surface area contributed by atoms with E-state index in [2.05, 4.69) is 22.7 Å². The number of fused-ring (bicyclic) bond motifs is 1. The van der Waals surface area contributed by atoms with Crippen LogP contribution in [0.4, 0.5) is 0 Å². The molecule has 4 aromatic rings. The molecule has 180 valence electrons.